The first-order valence-electron chi connectivity index (χ1n) is 13.1. The molecule has 7 aromatic rings. The summed E-state index contributed by atoms with van der Waals surface area (Å²) in [6.45, 7) is 1.93. The minimum absolute atomic E-state index is 0.381. The number of hydrogen-bond acceptors (Lipinski definition) is 1. The summed E-state index contributed by atoms with van der Waals surface area (Å²) in [5.41, 5.74) is 7.76. The molecule has 2 nitrogen and oxygen atoms in total. The van der Waals surface area contributed by atoms with E-state index in [-0.39, 0.29) is 0 Å². The highest BCUT2D eigenvalue weighted by molar-refractivity contribution is 6.41. The lowest BCUT2D eigenvalue weighted by molar-refractivity contribution is 0.658. The van der Waals surface area contributed by atoms with Crippen LogP contribution in [-0.2, 0) is 0 Å². The minimum atomic E-state index is -0.539. The molecule has 0 radical (unpaired) electrons. The van der Waals surface area contributed by atoms with Crippen molar-refractivity contribution in [2.75, 3.05) is 0 Å². The number of halogens is 7. The van der Waals surface area contributed by atoms with Crippen LogP contribution in [0.5, 0.6) is 0 Å². The first kappa shape index (κ1) is 29.2. The van der Waals surface area contributed by atoms with Crippen molar-refractivity contribution in [3.05, 3.63) is 142 Å². The zero-order valence-corrected chi connectivity index (χ0v) is 27.5. The number of aromatic nitrogens is 1. The molecule has 0 saturated heterocycles. The zero-order valence-electron chi connectivity index (χ0n) is 22.2. The SMILES string of the molecule is Cc1cc(Cl)cc(Cl)c1C(c1cc(Cl)c(-c2c3ccccc3n3c2oc2ccccc23)c(Cl)c1)c1c(Cl)cc(Cl)cc1Cl. The molecule has 0 aliphatic carbocycles. The Morgan fingerprint density at radius 1 is 0.581 bits per heavy atom. The lowest BCUT2D eigenvalue weighted by Crippen LogP contribution is -2.09. The molecule has 5 aromatic carbocycles. The van der Waals surface area contributed by atoms with E-state index in [1.165, 1.54) is 0 Å². The van der Waals surface area contributed by atoms with E-state index in [0.717, 1.165) is 44.3 Å². The highest BCUT2D eigenvalue weighted by Gasteiger charge is 2.30. The van der Waals surface area contributed by atoms with E-state index in [4.69, 9.17) is 85.6 Å². The number of aryl methyl sites for hydroxylation is 1. The van der Waals surface area contributed by atoms with Crippen LogP contribution < -0.4 is 0 Å². The predicted octanol–water partition coefficient (Wildman–Crippen LogP) is 13.6. The third-order valence-electron chi connectivity index (χ3n) is 7.71. The van der Waals surface area contributed by atoms with Crippen LogP contribution in [0.15, 0.2) is 89.3 Å². The maximum Gasteiger partial charge on any atom is 0.213 e. The summed E-state index contributed by atoms with van der Waals surface area (Å²) in [6.07, 6.45) is 0. The van der Waals surface area contributed by atoms with Crippen molar-refractivity contribution in [2.24, 2.45) is 0 Å². The Hall–Kier alpha value is -2.53. The molecule has 0 N–H and O–H groups in total. The van der Waals surface area contributed by atoms with E-state index in [2.05, 4.69) is 10.5 Å². The van der Waals surface area contributed by atoms with Crippen molar-refractivity contribution in [1.29, 1.82) is 0 Å². The average molecular weight is 705 g/mol. The van der Waals surface area contributed by atoms with Crippen LogP contribution in [0.1, 0.15) is 28.2 Å². The molecule has 7 rings (SSSR count). The summed E-state index contributed by atoms with van der Waals surface area (Å²) in [7, 11) is 0. The van der Waals surface area contributed by atoms with Crippen LogP contribution in [-0.4, -0.2) is 4.40 Å². The van der Waals surface area contributed by atoms with E-state index in [1.54, 1.807) is 18.2 Å². The van der Waals surface area contributed by atoms with Gasteiger partial charge in [-0.25, -0.2) is 0 Å². The fraction of sp³-hybridized carbons (Fsp3) is 0.0588. The van der Waals surface area contributed by atoms with Crippen molar-refractivity contribution < 1.29 is 4.42 Å². The quantitative estimate of drug-likeness (QED) is 0.167. The van der Waals surface area contributed by atoms with Crippen LogP contribution >= 0.6 is 81.2 Å². The van der Waals surface area contributed by atoms with Gasteiger partial charge < -0.3 is 4.42 Å². The number of fused-ring (bicyclic) bond motifs is 5. The van der Waals surface area contributed by atoms with E-state index in [1.807, 2.05) is 67.6 Å². The summed E-state index contributed by atoms with van der Waals surface area (Å²) < 4.78 is 8.49. The van der Waals surface area contributed by atoms with Crippen LogP contribution in [0.2, 0.25) is 35.2 Å². The number of benzene rings is 5. The van der Waals surface area contributed by atoms with Gasteiger partial charge in [-0.2, -0.15) is 0 Å². The highest BCUT2D eigenvalue weighted by atomic mass is 35.5. The molecule has 0 saturated carbocycles. The third-order valence-corrected chi connectivity index (χ3v) is 9.68. The summed E-state index contributed by atoms with van der Waals surface area (Å²) in [5, 5.41) is 3.96. The van der Waals surface area contributed by atoms with Crippen molar-refractivity contribution in [3.63, 3.8) is 0 Å². The topological polar surface area (TPSA) is 17.6 Å². The van der Waals surface area contributed by atoms with Gasteiger partial charge in [-0.15, -0.1) is 0 Å². The van der Waals surface area contributed by atoms with Crippen LogP contribution in [0, 0.1) is 6.92 Å². The molecule has 9 heteroatoms. The maximum atomic E-state index is 7.18. The molecule has 0 fully saturated rings. The lowest BCUT2D eigenvalue weighted by atomic mass is 9.82. The molecule has 2 heterocycles. The van der Waals surface area contributed by atoms with E-state index in [0.29, 0.717) is 52.0 Å². The standard InChI is InChI=1S/C34H18Cl7NO/c1-16-10-18(35)13-23(39)29(16)30(32-24(40)14-19(36)15-25(32)41)17-11-21(37)33(22(38)12-17)31-20-6-2-3-7-26(20)42-27-8-4-5-9-28(27)43-34(31)42/h2-15,30H,1H3. The largest absolute Gasteiger partial charge is 0.438 e. The Kier molecular flexibility index (Phi) is 7.55. The van der Waals surface area contributed by atoms with Crippen molar-refractivity contribution in [2.45, 2.75) is 12.8 Å². The lowest BCUT2D eigenvalue weighted by Gasteiger charge is -2.25. The molecular weight excluding hydrogens is 687 g/mol. The van der Waals surface area contributed by atoms with Gasteiger partial charge in [-0.1, -0.05) is 112 Å². The van der Waals surface area contributed by atoms with Gasteiger partial charge in [0.05, 0.1) is 26.6 Å². The maximum absolute atomic E-state index is 7.18. The van der Waals surface area contributed by atoms with Gasteiger partial charge in [0, 0.05) is 47.5 Å². The number of para-hydroxylation sites is 3. The fourth-order valence-corrected chi connectivity index (χ4v) is 8.44. The Labute approximate surface area is 282 Å². The molecule has 1 unspecified atom stereocenters. The summed E-state index contributed by atoms with van der Waals surface area (Å²) in [6, 6.07) is 26.5. The summed E-state index contributed by atoms with van der Waals surface area (Å²) in [5.74, 6) is -0.539. The van der Waals surface area contributed by atoms with E-state index < -0.39 is 5.92 Å². The fourth-order valence-electron chi connectivity index (χ4n) is 6.01. The van der Waals surface area contributed by atoms with Gasteiger partial charge in [-0.3, -0.25) is 4.40 Å². The first-order chi connectivity index (χ1) is 20.6. The third kappa shape index (κ3) is 4.80. The minimum Gasteiger partial charge on any atom is -0.438 e. The predicted molar refractivity (Wildman–Crippen MR) is 184 cm³/mol. The number of rotatable bonds is 4. The molecule has 0 amide bonds. The monoisotopic (exact) mass is 701 g/mol. The average Bonchev–Trinajstić information content (AvgIpc) is 3.46. The number of oxazole rings is 1. The molecule has 214 valence electrons. The van der Waals surface area contributed by atoms with Gasteiger partial charge in [0.15, 0.2) is 5.58 Å². The summed E-state index contributed by atoms with van der Waals surface area (Å²) in [4.78, 5) is 0. The molecule has 0 bridgehead atoms. The number of hydrogen-bond donors (Lipinski definition) is 0. The second-order valence-corrected chi connectivity index (χ2v) is 13.2. The zero-order chi connectivity index (χ0) is 30.2. The Morgan fingerprint density at radius 3 is 1.79 bits per heavy atom. The molecule has 0 aliphatic rings. The van der Waals surface area contributed by atoms with Crippen molar-refractivity contribution in [3.8, 4) is 11.1 Å². The van der Waals surface area contributed by atoms with Gasteiger partial charge >= 0.3 is 0 Å². The highest BCUT2D eigenvalue weighted by Crippen LogP contribution is 2.50. The van der Waals surface area contributed by atoms with Crippen LogP contribution in [0.4, 0.5) is 0 Å². The molecule has 2 aromatic heterocycles. The normalized spacial score (nSPS) is 12.6. The molecule has 1 atom stereocenters. The smallest absolute Gasteiger partial charge is 0.213 e. The Bertz CT molecular complexity index is 2120. The molecule has 43 heavy (non-hydrogen) atoms. The molecule has 0 aliphatic heterocycles. The summed E-state index contributed by atoms with van der Waals surface area (Å²) >= 11 is 47.5. The van der Waals surface area contributed by atoms with Crippen molar-refractivity contribution in [1.82, 2.24) is 4.40 Å². The molecular formula is C34H18Cl7NO. The van der Waals surface area contributed by atoms with Crippen LogP contribution in [0.3, 0.4) is 0 Å². The number of nitrogens with zero attached hydrogens (tertiary/aromatic N) is 1. The van der Waals surface area contributed by atoms with Crippen molar-refractivity contribution >= 4 is 109 Å². The first-order valence-corrected chi connectivity index (χ1v) is 15.8. The van der Waals surface area contributed by atoms with Gasteiger partial charge in [-0.05, 0) is 78.2 Å². The van der Waals surface area contributed by atoms with E-state index >= 15 is 0 Å². The van der Waals surface area contributed by atoms with E-state index in [9.17, 15) is 0 Å². The second-order valence-electron chi connectivity index (χ2n) is 10.3. The second kappa shape index (κ2) is 11.1. The Balaban J connectivity index is 1.52. The van der Waals surface area contributed by atoms with Gasteiger partial charge in [0.25, 0.3) is 0 Å². The van der Waals surface area contributed by atoms with Gasteiger partial charge in [0.1, 0.15) is 0 Å². The molecule has 0 spiro atoms. The van der Waals surface area contributed by atoms with Crippen LogP contribution in [0.25, 0.3) is 38.8 Å². The van der Waals surface area contributed by atoms with Gasteiger partial charge in [0.2, 0.25) is 5.71 Å². The Morgan fingerprint density at radius 2 is 1.14 bits per heavy atom.